The molecule has 33 heavy (non-hydrogen) atoms. The number of aryl methyl sites for hydroxylation is 1. The molecular formula is C27H29N3O3. The van der Waals surface area contributed by atoms with E-state index in [-0.39, 0.29) is 24.3 Å². The molecule has 1 aliphatic heterocycles. The quantitative estimate of drug-likeness (QED) is 0.571. The Labute approximate surface area is 194 Å². The Morgan fingerprint density at radius 2 is 1.73 bits per heavy atom. The molecule has 0 fully saturated rings. The zero-order valence-corrected chi connectivity index (χ0v) is 19.3. The van der Waals surface area contributed by atoms with Gasteiger partial charge in [-0.15, -0.1) is 0 Å². The summed E-state index contributed by atoms with van der Waals surface area (Å²) in [5.74, 6) is -0.619. The fourth-order valence-electron chi connectivity index (χ4n) is 4.54. The van der Waals surface area contributed by atoms with Gasteiger partial charge in [0, 0.05) is 24.0 Å². The zero-order chi connectivity index (χ0) is 23.5. The first-order chi connectivity index (χ1) is 16.0. The molecule has 0 saturated carbocycles. The number of rotatable bonds is 8. The van der Waals surface area contributed by atoms with Crippen LogP contribution >= 0.6 is 0 Å². The lowest BCUT2D eigenvalue weighted by Crippen LogP contribution is -2.52. The Morgan fingerprint density at radius 1 is 1.00 bits per heavy atom. The van der Waals surface area contributed by atoms with Crippen molar-refractivity contribution in [1.82, 2.24) is 10.2 Å². The van der Waals surface area contributed by atoms with Gasteiger partial charge in [0.2, 0.25) is 11.8 Å². The van der Waals surface area contributed by atoms with Crippen molar-refractivity contribution in [2.75, 3.05) is 18.0 Å². The van der Waals surface area contributed by atoms with Gasteiger partial charge >= 0.3 is 0 Å². The summed E-state index contributed by atoms with van der Waals surface area (Å²) in [5, 5.41) is 4.70. The largest absolute Gasteiger partial charge is 0.355 e. The normalized spacial score (nSPS) is 13.3. The van der Waals surface area contributed by atoms with Gasteiger partial charge in [0.15, 0.2) is 0 Å². The number of nitrogens with zero attached hydrogens (tertiary/aromatic N) is 2. The molecule has 3 amide bonds. The van der Waals surface area contributed by atoms with Gasteiger partial charge in [0.25, 0.3) is 5.91 Å². The standard InChI is InChI=1S/C27H29N3O3/c1-4-22(26(32)28-5-2)29(16-20-11-7-6-10-18(20)3)24(31)17-30-23-15-9-13-19-12-8-14-21(25(19)23)27(30)33/h6-15,22H,4-5,16-17H2,1-3H3,(H,28,32). The molecule has 0 saturated heterocycles. The summed E-state index contributed by atoms with van der Waals surface area (Å²) in [5.41, 5.74) is 3.38. The zero-order valence-electron chi connectivity index (χ0n) is 19.3. The number of benzene rings is 3. The first-order valence-corrected chi connectivity index (χ1v) is 11.4. The molecule has 0 spiro atoms. The van der Waals surface area contributed by atoms with Crippen LogP contribution in [0.2, 0.25) is 0 Å². The third kappa shape index (κ3) is 4.21. The van der Waals surface area contributed by atoms with Crippen molar-refractivity contribution in [2.45, 2.75) is 39.8 Å². The molecule has 1 aliphatic rings. The Hall–Kier alpha value is -3.67. The van der Waals surface area contributed by atoms with E-state index in [4.69, 9.17) is 0 Å². The van der Waals surface area contributed by atoms with E-state index in [2.05, 4.69) is 5.32 Å². The molecule has 6 nitrogen and oxygen atoms in total. The summed E-state index contributed by atoms with van der Waals surface area (Å²) in [4.78, 5) is 42.9. The van der Waals surface area contributed by atoms with Crippen molar-refractivity contribution in [3.8, 4) is 0 Å². The molecule has 1 atom stereocenters. The number of carbonyl (C=O) groups is 3. The van der Waals surface area contributed by atoms with E-state index in [1.54, 1.807) is 11.0 Å². The SMILES string of the molecule is CCNC(=O)C(CC)N(Cc1ccccc1C)C(=O)CN1C(=O)c2cccc3cccc1c23. The van der Waals surface area contributed by atoms with Gasteiger partial charge in [0.05, 0.1) is 5.69 Å². The highest BCUT2D eigenvalue weighted by Crippen LogP contribution is 2.37. The molecule has 3 aromatic carbocycles. The van der Waals surface area contributed by atoms with E-state index >= 15 is 0 Å². The summed E-state index contributed by atoms with van der Waals surface area (Å²) in [6.45, 7) is 6.43. The second-order valence-electron chi connectivity index (χ2n) is 8.34. The van der Waals surface area contributed by atoms with Crippen LogP contribution in [-0.4, -0.2) is 41.8 Å². The minimum Gasteiger partial charge on any atom is -0.355 e. The van der Waals surface area contributed by atoms with Crippen LogP contribution in [0.5, 0.6) is 0 Å². The number of amides is 3. The molecule has 0 radical (unpaired) electrons. The van der Waals surface area contributed by atoms with Gasteiger partial charge in [-0.2, -0.15) is 0 Å². The number of hydrogen-bond donors (Lipinski definition) is 1. The number of hydrogen-bond acceptors (Lipinski definition) is 3. The van der Waals surface area contributed by atoms with Crippen LogP contribution in [0.1, 0.15) is 41.8 Å². The smallest absolute Gasteiger partial charge is 0.259 e. The number of anilines is 1. The van der Waals surface area contributed by atoms with E-state index in [1.165, 1.54) is 4.90 Å². The highest BCUT2D eigenvalue weighted by Gasteiger charge is 2.35. The lowest BCUT2D eigenvalue weighted by molar-refractivity contribution is -0.140. The maximum Gasteiger partial charge on any atom is 0.259 e. The lowest BCUT2D eigenvalue weighted by atomic mass is 10.1. The summed E-state index contributed by atoms with van der Waals surface area (Å²) < 4.78 is 0. The van der Waals surface area contributed by atoms with E-state index in [1.807, 2.05) is 75.4 Å². The van der Waals surface area contributed by atoms with Crippen LogP contribution in [0.15, 0.2) is 60.7 Å². The Balaban J connectivity index is 1.67. The van der Waals surface area contributed by atoms with Crippen LogP contribution in [0, 0.1) is 6.92 Å². The number of carbonyl (C=O) groups excluding carboxylic acids is 3. The van der Waals surface area contributed by atoms with Crippen LogP contribution in [0.25, 0.3) is 10.8 Å². The van der Waals surface area contributed by atoms with E-state index in [9.17, 15) is 14.4 Å². The van der Waals surface area contributed by atoms with Gasteiger partial charge in [-0.3, -0.25) is 19.3 Å². The van der Waals surface area contributed by atoms with Crippen LogP contribution in [-0.2, 0) is 16.1 Å². The Bertz CT molecular complexity index is 1210. The van der Waals surface area contributed by atoms with Gasteiger partial charge in [0.1, 0.15) is 12.6 Å². The highest BCUT2D eigenvalue weighted by molar-refractivity contribution is 6.26. The molecule has 3 aromatic rings. The second-order valence-corrected chi connectivity index (χ2v) is 8.34. The van der Waals surface area contributed by atoms with E-state index in [0.717, 1.165) is 27.6 Å². The third-order valence-electron chi connectivity index (χ3n) is 6.28. The second kappa shape index (κ2) is 9.45. The molecule has 1 unspecified atom stereocenters. The summed E-state index contributed by atoms with van der Waals surface area (Å²) in [7, 11) is 0. The first kappa shape index (κ1) is 22.5. The summed E-state index contributed by atoms with van der Waals surface area (Å²) in [6.07, 6.45) is 0.479. The molecule has 0 aromatic heterocycles. The maximum atomic E-state index is 13.7. The molecule has 4 rings (SSSR count). The van der Waals surface area contributed by atoms with Crippen molar-refractivity contribution in [1.29, 1.82) is 0 Å². The molecule has 170 valence electrons. The van der Waals surface area contributed by atoms with Crippen LogP contribution < -0.4 is 10.2 Å². The molecule has 1 N–H and O–H groups in total. The number of nitrogens with one attached hydrogen (secondary N) is 1. The fourth-order valence-corrected chi connectivity index (χ4v) is 4.54. The van der Waals surface area contributed by atoms with E-state index in [0.29, 0.717) is 25.1 Å². The Morgan fingerprint density at radius 3 is 2.42 bits per heavy atom. The summed E-state index contributed by atoms with van der Waals surface area (Å²) in [6, 6.07) is 18.6. The van der Waals surface area contributed by atoms with Crippen molar-refractivity contribution in [3.05, 3.63) is 77.4 Å². The van der Waals surface area contributed by atoms with Gasteiger partial charge in [-0.05, 0) is 48.9 Å². The predicted molar refractivity (Wildman–Crippen MR) is 130 cm³/mol. The number of likely N-dealkylation sites (N-methyl/N-ethyl adjacent to an activating group) is 1. The fraction of sp³-hybridized carbons (Fsp3) is 0.296. The average molecular weight is 444 g/mol. The van der Waals surface area contributed by atoms with Crippen molar-refractivity contribution < 1.29 is 14.4 Å². The first-order valence-electron chi connectivity index (χ1n) is 11.4. The van der Waals surface area contributed by atoms with Crippen molar-refractivity contribution in [3.63, 3.8) is 0 Å². The lowest BCUT2D eigenvalue weighted by Gasteiger charge is -2.32. The molecule has 0 bridgehead atoms. The maximum absolute atomic E-state index is 13.7. The van der Waals surface area contributed by atoms with E-state index < -0.39 is 6.04 Å². The van der Waals surface area contributed by atoms with Crippen molar-refractivity contribution in [2.24, 2.45) is 0 Å². The monoisotopic (exact) mass is 443 g/mol. The highest BCUT2D eigenvalue weighted by atomic mass is 16.2. The topological polar surface area (TPSA) is 69.7 Å². The third-order valence-corrected chi connectivity index (χ3v) is 6.28. The average Bonchev–Trinajstić information content (AvgIpc) is 3.08. The minimum absolute atomic E-state index is 0.117. The molecule has 0 aliphatic carbocycles. The van der Waals surface area contributed by atoms with Crippen LogP contribution in [0.3, 0.4) is 0 Å². The van der Waals surface area contributed by atoms with Gasteiger partial charge in [-0.25, -0.2) is 0 Å². The minimum atomic E-state index is -0.618. The Kier molecular flexibility index (Phi) is 6.45. The summed E-state index contributed by atoms with van der Waals surface area (Å²) >= 11 is 0. The van der Waals surface area contributed by atoms with Gasteiger partial charge < -0.3 is 10.2 Å². The van der Waals surface area contributed by atoms with Crippen molar-refractivity contribution >= 4 is 34.2 Å². The predicted octanol–water partition coefficient (Wildman–Crippen LogP) is 4.05. The molecule has 1 heterocycles. The van der Waals surface area contributed by atoms with Gasteiger partial charge in [-0.1, -0.05) is 55.5 Å². The molecular weight excluding hydrogens is 414 g/mol. The molecule has 6 heteroatoms. The van der Waals surface area contributed by atoms with Crippen LogP contribution in [0.4, 0.5) is 5.69 Å².